The first-order valence-electron chi connectivity index (χ1n) is 3.54. The molecule has 3 nitrogen and oxygen atoms in total. The second-order valence-corrected chi connectivity index (χ2v) is 3.45. The van der Waals surface area contributed by atoms with Gasteiger partial charge >= 0.3 is 0 Å². The lowest BCUT2D eigenvalue weighted by Crippen LogP contribution is -1.95. The van der Waals surface area contributed by atoms with Crippen molar-refractivity contribution in [2.24, 2.45) is 0 Å². The third-order valence-electron chi connectivity index (χ3n) is 1.82. The molecule has 0 unspecified atom stereocenters. The molecule has 0 atom stereocenters. The number of benzene rings is 1. The zero-order valence-electron chi connectivity index (χ0n) is 6.56. The van der Waals surface area contributed by atoms with Crippen molar-refractivity contribution >= 4 is 21.6 Å². The molecule has 1 aliphatic heterocycles. The van der Waals surface area contributed by atoms with E-state index in [9.17, 15) is 0 Å². The number of rotatable bonds is 0. The van der Waals surface area contributed by atoms with Crippen LogP contribution in [0.4, 0.5) is 5.69 Å². The Morgan fingerprint density at radius 2 is 2.25 bits per heavy atom. The van der Waals surface area contributed by atoms with Crippen LogP contribution in [0.2, 0.25) is 0 Å². The summed E-state index contributed by atoms with van der Waals surface area (Å²) in [6.07, 6.45) is 0. The topological polar surface area (TPSA) is 44.5 Å². The van der Waals surface area contributed by atoms with Gasteiger partial charge in [-0.2, -0.15) is 0 Å². The van der Waals surface area contributed by atoms with E-state index in [0.29, 0.717) is 11.4 Å². The first kappa shape index (κ1) is 7.73. The molecule has 1 aromatic carbocycles. The molecular weight excluding hydrogens is 222 g/mol. The predicted octanol–water partition coefficient (Wildman–Crippen LogP) is 2.07. The van der Waals surface area contributed by atoms with Crippen LogP contribution in [0.1, 0.15) is 5.56 Å². The van der Waals surface area contributed by atoms with Gasteiger partial charge in [0.25, 0.3) is 0 Å². The first-order chi connectivity index (χ1) is 5.70. The Labute approximate surface area is 78.6 Å². The third kappa shape index (κ3) is 0.948. The number of hydrogen-bond donors (Lipinski definition) is 1. The molecular formula is C8H8BrNO2. The highest BCUT2D eigenvalue weighted by molar-refractivity contribution is 9.10. The summed E-state index contributed by atoms with van der Waals surface area (Å²) in [6.45, 7) is 2.22. The standard InChI is InChI=1S/C8H8BrNO2/c1-4-2-5-8(12-3-11-5)7(10)6(4)9/h2H,3,10H2,1H3. The Bertz CT molecular complexity index is 338. The Hall–Kier alpha value is -0.900. The lowest BCUT2D eigenvalue weighted by Gasteiger charge is -2.05. The summed E-state index contributed by atoms with van der Waals surface area (Å²) in [5, 5.41) is 0. The Morgan fingerprint density at radius 3 is 3.00 bits per heavy atom. The van der Waals surface area contributed by atoms with E-state index in [1.807, 2.05) is 13.0 Å². The highest BCUT2D eigenvalue weighted by atomic mass is 79.9. The maximum Gasteiger partial charge on any atom is 0.231 e. The van der Waals surface area contributed by atoms with Gasteiger partial charge in [-0.1, -0.05) is 0 Å². The fourth-order valence-corrected chi connectivity index (χ4v) is 1.47. The Morgan fingerprint density at radius 1 is 1.50 bits per heavy atom. The molecule has 4 heteroatoms. The highest BCUT2D eigenvalue weighted by Gasteiger charge is 2.19. The normalized spacial score (nSPS) is 13.5. The van der Waals surface area contributed by atoms with Gasteiger partial charge < -0.3 is 15.2 Å². The third-order valence-corrected chi connectivity index (χ3v) is 2.87. The summed E-state index contributed by atoms with van der Waals surface area (Å²) in [5.74, 6) is 1.38. The summed E-state index contributed by atoms with van der Waals surface area (Å²) >= 11 is 3.37. The number of hydrogen-bond acceptors (Lipinski definition) is 3. The fourth-order valence-electron chi connectivity index (χ4n) is 1.18. The van der Waals surface area contributed by atoms with Gasteiger partial charge in [0.2, 0.25) is 6.79 Å². The first-order valence-corrected chi connectivity index (χ1v) is 4.33. The zero-order chi connectivity index (χ0) is 8.72. The Kier molecular flexibility index (Phi) is 1.65. The quantitative estimate of drug-likeness (QED) is 0.694. The van der Waals surface area contributed by atoms with Crippen LogP contribution in [0.15, 0.2) is 10.5 Å². The van der Waals surface area contributed by atoms with E-state index in [1.165, 1.54) is 0 Å². The van der Waals surface area contributed by atoms with Gasteiger partial charge in [0, 0.05) is 4.47 Å². The van der Waals surface area contributed by atoms with Crippen molar-refractivity contribution in [2.45, 2.75) is 6.92 Å². The van der Waals surface area contributed by atoms with Crippen LogP contribution in [-0.2, 0) is 0 Å². The molecule has 1 aromatic rings. The van der Waals surface area contributed by atoms with Gasteiger partial charge in [-0.3, -0.25) is 0 Å². The molecule has 2 rings (SSSR count). The van der Waals surface area contributed by atoms with Gasteiger partial charge in [-0.15, -0.1) is 0 Å². The number of nitrogens with two attached hydrogens (primary N) is 1. The molecule has 0 aromatic heterocycles. The van der Waals surface area contributed by atoms with Crippen LogP contribution < -0.4 is 15.2 Å². The predicted molar refractivity (Wildman–Crippen MR) is 49.4 cm³/mol. The number of aryl methyl sites for hydroxylation is 1. The van der Waals surface area contributed by atoms with E-state index >= 15 is 0 Å². The number of halogens is 1. The molecule has 0 saturated heterocycles. The van der Waals surface area contributed by atoms with E-state index in [2.05, 4.69) is 15.9 Å². The van der Waals surface area contributed by atoms with E-state index in [-0.39, 0.29) is 6.79 Å². The van der Waals surface area contributed by atoms with Crippen molar-refractivity contribution in [3.05, 3.63) is 16.1 Å². The van der Waals surface area contributed by atoms with Crippen molar-refractivity contribution in [3.63, 3.8) is 0 Å². The van der Waals surface area contributed by atoms with Gasteiger partial charge in [0.05, 0.1) is 5.69 Å². The van der Waals surface area contributed by atoms with Crippen molar-refractivity contribution in [2.75, 3.05) is 12.5 Å². The average Bonchev–Trinajstić information content (AvgIpc) is 2.48. The average molecular weight is 230 g/mol. The largest absolute Gasteiger partial charge is 0.453 e. The van der Waals surface area contributed by atoms with E-state index in [4.69, 9.17) is 15.2 Å². The maximum absolute atomic E-state index is 5.78. The second-order valence-electron chi connectivity index (χ2n) is 2.65. The van der Waals surface area contributed by atoms with Crippen LogP contribution in [0.25, 0.3) is 0 Å². The monoisotopic (exact) mass is 229 g/mol. The summed E-state index contributed by atoms with van der Waals surface area (Å²) in [7, 11) is 0. The van der Waals surface area contributed by atoms with Gasteiger partial charge in [0.15, 0.2) is 11.5 Å². The molecule has 2 N–H and O–H groups in total. The van der Waals surface area contributed by atoms with Gasteiger partial charge in [-0.25, -0.2) is 0 Å². The van der Waals surface area contributed by atoms with Crippen LogP contribution in [-0.4, -0.2) is 6.79 Å². The van der Waals surface area contributed by atoms with Crippen molar-refractivity contribution < 1.29 is 9.47 Å². The minimum Gasteiger partial charge on any atom is -0.453 e. The molecule has 1 aliphatic rings. The van der Waals surface area contributed by atoms with E-state index in [1.54, 1.807) is 0 Å². The number of nitrogen functional groups attached to an aromatic ring is 1. The number of fused-ring (bicyclic) bond motifs is 1. The fraction of sp³-hybridized carbons (Fsp3) is 0.250. The van der Waals surface area contributed by atoms with E-state index < -0.39 is 0 Å². The maximum atomic E-state index is 5.78. The molecule has 0 radical (unpaired) electrons. The Balaban J connectivity index is 2.67. The van der Waals surface area contributed by atoms with Crippen molar-refractivity contribution in [1.82, 2.24) is 0 Å². The smallest absolute Gasteiger partial charge is 0.231 e. The minimum atomic E-state index is 0.259. The lowest BCUT2D eigenvalue weighted by atomic mass is 10.2. The zero-order valence-corrected chi connectivity index (χ0v) is 8.14. The molecule has 12 heavy (non-hydrogen) atoms. The number of anilines is 1. The molecule has 0 saturated carbocycles. The second kappa shape index (κ2) is 2.55. The summed E-state index contributed by atoms with van der Waals surface area (Å²) in [6, 6.07) is 1.91. The van der Waals surface area contributed by atoms with Crippen LogP contribution >= 0.6 is 15.9 Å². The van der Waals surface area contributed by atoms with Gasteiger partial charge in [0.1, 0.15) is 0 Å². The summed E-state index contributed by atoms with van der Waals surface area (Å²) < 4.78 is 11.3. The summed E-state index contributed by atoms with van der Waals surface area (Å²) in [5.41, 5.74) is 7.45. The minimum absolute atomic E-state index is 0.259. The molecule has 64 valence electrons. The molecule has 1 heterocycles. The SMILES string of the molecule is Cc1cc2c(c(N)c1Br)OCO2. The highest BCUT2D eigenvalue weighted by Crippen LogP contribution is 2.43. The van der Waals surface area contributed by atoms with Crippen LogP contribution in [0.5, 0.6) is 11.5 Å². The lowest BCUT2D eigenvalue weighted by molar-refractivity contribution is 0.174. The van der Waals surface area contributed by atoms with E-state index in [0.717, 1.165) is 15.8 Å². The van der Waals surface area contributed by atoms with Crippen molar-refractivity contribution in [3.8, 4) is 11.5 Å². The summed E-state index contributed by atoms with van der Waals surface area (Å²) in [4.78, 5) is 0. The number of ether oxygens (including phenoxy) is 2. The molecule has 0 aliphatic carbocycles. The molecule has 0 bridgehead atoms. The van der Waals surface area contributed by atoms with Crippen LogP contribution in [0.3, 0.4) is 0 Å². The molecule has 0 spiro atoms. The molecule has 0 amide bonds. The van der Waals surface area contributed by atoms with Crippen LogP contribution in [0, 0.1) is 6.92 Å². The van der Waals surface area contributed by atoms with Gasteiger partial charge in [-0.05, 0) is 34.5 Å². The molecule has 0 fully saturated rings. The van der Waals surface area contributed by atoms with Crippen molar-refractivity contribution in [1.29, 1.82) is 0 Å².